The molecule has 1 amide bonds. The Balaban J connectivity index is 1.66. The van der Waals surface area contributed by atoms with Crippen LogP contribution in [0, 0.1) is 0 Å². The number of carbonyl (C=O) groups excluding carboxylic acids is 1. The van der Waals surface area contributed by atoms with E-state index < -0.39 is 0 Å². The molecule has 2 aromatic heterocycles. The Morgan fingerprint density at radius 1 is 1.23 bits per heavy atom. The molecule has 0 N–H and O–H groups in total. The molecule has 1 saturated heterocycles. The van der Waals surface area contributed by atoms with Gasteiger partial charge in [-0.1, -0.05) is 6.07 Å². The molecule has 0 bridgehead atoms. The summed E-state index contributed by atoms with van der Waals surface area (Å²) in [6.07, 6.45) is 7.62. The van der Waals surface area contributed by atoms with Crippen LogP contribution >= 0.6 is 0 Å². The second-order valence-corrected chi connectivity index (χ2v) is 5.62. The zero-order valence-electron chi connectivity index (χ0n) is 12.8. The molecule has 1 fully saturated rings. The van der Waals surface area contributed by atoms with Gasteiger partial charge in [0.1, 0.15) is 5.82 Å². The lowest BCUT2D eigenvalue weighted by Gasteiger charge is -2.19. The number of rotatable bonds is 4. The van der Waals surface area contributed by atoms with Crippen molar-refractivity contribution in [1.82, 2.24) is 14.9 Å². The van der Waals surface area contributed by atoms with E-state index in [0.717, 1.165) is 24.5 Å². The molecular formula is C17H20N4O. The fraction of sp³-hybridized carbons (Fsp3) is 0.353. The average Bonchev–Trinajstić information content (AvgIpc) is 3.10. The molecule has 3 heterocycles. The van der Waals surface area contributed by atoms with Crippen LogP contribution in [0.5, 0.6) is 0 Å². The van der Waals surface area contributed by atoms with Gasteiger partial charge in [-0.3, -0.25) is 9.78 Å². The quantitative estimate of drug-likeness (QED) is 0.869. The van der Waals surface area contributed by atoms with Gasteiger partial charge >= 0.3 is 0 Å². The third kappa shape index (κ3) is 3.24. The van der Waals surface area contributed by atoms with Crippen molar-refractivity contribution in [2.45, 2.75) is 19.4 Å². The molecule has 1 aliphatic rings. The van der Waals surface area contributed by atoms with Crippen LogP contribution in [-0.2, 0) is 6.54 Å². The number of anilines is 1. The second-order valence-electron chi connectivity index (χ2n) is 5.62. The van der Waals surface area contributed by atoms with Crippen LogP contribution in [0.1, 0.15) is 28.8 Å². The third-order valence-electron chi connectivity index (χ3n) is 3.91. The number of hydrogen-bond acceptors (Lipinski definition) is 4. The number of aromatic nitrogens is 2. The molecule has 22 heavy (non-hydrogen) atoms. The maximum atomic E-state index is 12.4. The molecule has 114 valence electrons. The van der Waals surface area contributed by atoms with Crippen LogP contribution in [-0.4, -0.2) is 40.9 Å². The van der Waals surface area contributed by atoms with Crippen LogP contribution < -0.4 is 4.90 Å². The standard InChI is InChI=1S/C17H20N4O/c1-20(13-14-5-4-8-18-11-14)17(22)15-6-7-16(19-12-15)21-9-2-3-10-21/h4-8,11-12H,2-3,9-10,13H2,1H3. The van der Waals surface area contributed by atoms with Crippen LogP contribution in [0.25, 0.3) is 0 Å². The molecule has 3 rings (SSSR count). The van der Waals surface area contributed by atoms with Crippen molar-refractivity contribution in [3.8, 4) is 0 Å². The highest BCUT2D eigenvalue weighted by Gasteiger charge is 2.16. The van der Waals surface area contributed by atoms with E-state index >= 15 is 0 Å². The van der Waals surface area contributed by atoms with Gasteiger partial charge in [0.15, 0.2) is 0 Å². The molecule has 0 aromatic carbocycles. The van der Waals surface area contributed by atoms with Gasteiger partial charge in [-0.25, -0.2) is 4.98 Å². The summed E-state index contributed by atoms with van der Waals surface area (Å²) in [5.41, 5.74) is 1.63. The average molecular weight is 296 g/mol. The summed E-state index contributed by atoms with van der Waals surface area (Å²) in [7, 11) is 1.80. The minimum Gasteiger partial charge on any atom is -0.357 e. The van der Waals surface area contributed by atoms with Crippen molar-refractivity contribution in [2.24, 2.45) is 0 Å². The number of carbonyl (C=O) groups is 1. The number of nitrogens with zero attached hydrogens (tertiary/aromatic N) is 4. The summed E-state index contributed by atoms with van der Waals surface area (Å²) in [4.78, 5) is 24.9. The molecule has 0 spiro atoms. The Bertz CT molecular complexity index is 621. The van der Waals surface area contributed by atoms with E-state index in [1.807, 2.05) is 24.3 Å². The Morgan fingerprint density at radius 2 is 2.05 bits per heavy atom. The lowest BCUT2D eigenvalue weighted by Crippen LogP contribution is -2.26. The van der Waals surface area contributed by atoms with Gasteiger partial charge in [-0.05, 0) is 36.6 Å². The Kier molecular flexibility index (Phi) is 4.32. The predicted molar refractivity (Wildman–Crippen MR) is 85.7 cm³/mol. The predicted octanol–water partition coefficient (Wildman–Crippen LogP) is 2.35. The van der Waals surface area contributed by atoms with E-state index in [2.05, 4.69) is 14.9 Å². The van der Waals surface area contributed by atoms with E-state index in [-0.39, 0.29) is 5.91 Å². The molecule has 0 atom stereocenters. The van der Waals surface area contributed by atoms with E-state index in [1.54, 1.807) is 30.5 Å². The van der Waals surface area contributed by atoms with E-state index in [1.165, 1.54) is 12.8 Å². The van der Waals surface area contributed by atoms with Gasteiger partial charge in [0.25, 0.3) is 5.91 Å². The van der Waals surface area contributed by atoms with Crippen molar-refractivity contribution < 1.29 is 4.79 Å². The van der Waals surface area contributed by atoms with Crippen LogP contribution in [0.2, 0.25) is 0 Å². The van der Waals surface area contributed by atoms with Crippen LogP contribution in [0.15, 0.2) is 42.9 Å². The maximum absolute atomic E-state index is 12.4. The highest BCUT2D eigenvalue weighted by atomic mass is 16.2. The molecular weight excluding hydrogens is 276 g/mol. The number of pyridine rings is 2. The van der Waals surface area contributed by atoms with Gasteiger partial charge < -0.3 is 9.80 Å². The fourth-order valence-electron chi connectivity index (χ4n) is 2.70. The highest BCUT2D eigenvalue weighted by molar-refractivity contribution is 5.93. The normalized spacial score (nSPS) is 14.1. The van der Waals surface area contributed by atoms with Gasteiger partial charge in [-0.15, -0.1) is 0 Å². The number of hydrogen-bond donors (Lipinski definition) is 0. The van der Waals surface area contributed by atoms with Gasteiger partial charge in [0, 0.05) is 45.3 Å². The lowest BCUT2D eigenvalue weighted by atomic mass is 10.2. The van der Waals surface area contributed by atoms with Gasteiger partial charge in [0.05, 0.1) is 5.56 Å². The summed E-state index contributed by atoms with van der Waals surface area (Å²) in [5.74, 6) is 0.938. The van der Waals surface area contributed by atoms with Crippen molar-refractivity contribution in [3.63, 3.8) is 0 Å². The topological polar surface area (TPSA) is 49.3 Å². The maximum Gasteiger partial charge on any atom is 0.255 e. The SMILES string of the molecule is CN(Cc1cccnc1)C(=O)c1ccc(N2CCCC2)nc1. The monoisotopic (exact) mass is 296 g/mol. The summed E-state index contributed by atoms with van der Waals surface area (Å²) >= 11 is 0. The number of amides is 1. The third-order valence-corrected chi connectivity index (χ3v) is 3.91. The molecule has 0 unspecified atom stereocenters. The Morgan fingerprint density at radius 3 is 2.68 bits per heavy atom. The second kappa shape index (κ2) is 6.56. The van der Waals surface area contributed by atoms with Gasteiger partial charge in [-0.2, -0.15) is 0 Å². The zero-order chi connectivity index (χ0) is 15.4. The molecule has 1 aliphatic heterocycles. The minimum absolute atomic E-state index is 0.0238. The van der Waals surface area contributed by atoms with Gasteiger partial charge in [0.2, 0.25) is 0 Å². The minimum atomic E-state index is -0.0238. The highest BCUT2D eigenvalue weighted by Crippen LogP contribution is 2.18. The van der Waals surface area contributed by atoms with Crippen LogP contribution in [0.4, 0.5) is 5.82 Å². The first-order valence-electron chi connectivity index (χ1n) is 7.59. The smallest absolute Gasteiger partial charge is 0.255 e. The van der Waals surface area contributed by atoms with E-state index in [0.29, 0.717) is 12.1 Å². The zero-order valence-corrected chi connectivity index (χ0v) is 12.8. The lowest BCUT2D eigenvalue weighted by molar-refractivity contribution is 0.0784. The first-order valence-corrected chi connectivity index (χ1v) is 7.59. The van der Waals surface area contributed by atoms with Crippen molar-refractivity contribution >= 4 is 11.7 Å². The first-order chi connectivity index (χ1) is 10.7. The molecule has 0 aliphatic carbocycles. The Labute approximate surface area is 130 Å². The summed E-state index contributed by atoms with van der Waals surface area (Å²) in [6.45, 7) is 2.66. The largest absolute Gasteiger partial charge is 0.357 e. The summed E-state index contributed by atoms with van der Waals surface area (Å²) in [5, 5.41) is 0. The van der Waals surface area contributed by atoms with Crippen molar-refractivity contribution in [2.75, 3.05) is 25.0 Å². The summed E-state index contributed by atoms with van der Waals surface area (Å²) in [6, 6.07) is 7.64. The van der Waals surface area contributed by atoms with E-state index in [9.17, 15) is 4.79 Å². The van der Waals surface area contributed by atoms with E-state index in [4.69, 9.17) is 0 Å². The van der Waals surface area contributed by atoms with Crippen LogP contribution in [0.3, 0.4) is 0 Å². The van der Waals surface area contributed by atoms with Crippen molar-refractivity contribution in [1.29, 1.82) is 0 Å². The molecule has 5 heteroatoms. The fourth-order valence-corrected chi connectivity index (χ4v) is 2.70. The Hall–Kier alpha value is -2.43. The molecule has 0 saturated carbocycles. The van der Waals surface area contributed by atoms with Crippen molar-refractivity contribution in [3.05, 3.63) is 54.0 Å². The first kappa shape index (κ1) is 14.5. The molecule has 0 radical (unpaired) electrons. The molecule has 2 aromatic rings. The summed E-state index contributed by atoms with van der Waals surface area (Å²) < 4.78 is 0. The molecule has 5 nitrogen and oxygen atoms in total.